The molecule has 15 heavy (non-hydrogen) atoms. The first-order valence-corrected chi connectivity index (χ1v) is 6.64. The van der Waals surface area contributed by atoms with Crippen molar-refractivity contribution in [2.75, 3.05) is 0 Å². The van der Waals surface area contributed by atoms with E-state index in [1.54, 1.807) is 0 Å². The molecule has 0 aromatic heterocycles. The van der Waals surface area contributed by atoms with Gasteiger partial charge in [-0.1, -0.05) is 0 Å². The summed E-state index contributed by atoms with van der Waals surface area (Å²) in [6.45, 7) is 1.88. The Morgan fingerprint density at radius 2 is 2.07 bits per heavy atom. The Bertz CT molecular complexity index is 250. The van der Waals surface area contributed by atoms with Gasteiger partial charge in [0, 0.05) is 0 Å². The van der Waals surface area contributed by atoms with E-state index in [1.165, 1.54) is 12.8 Å². The van der Waals surface area contributed by atoms with Crippen molar-refractivity contribution in [3.8, 4) is 0 Å². The van der Waals surface area contributed by atoms with Crippen LogP contribution in [0.1, 0.15) is 32.6 Å². The monoisotopic (exact) mass is 277 g/mol. The first-order chi connectivity index (χ1) is 7.11. The molecule has 4 unspecified atom stereocenters. The third-order valence-corrected chi connectivity index (χ3v) is 5.06. The van der Waals surface area contributed by atoms with E-state index in [2.05, 4.69) is 16.0 Å². The number of carbonyl (C=O) groups excluding carboxylic acids is 1. The van der Waals surface area contributed by atoms with Crippen LogP contribution < -0.4 is 0 Å². The quantitative estimate of drug-likeness (QED) is 0.606. The molecule has 1 heterocycles. The van der Waals surface area contributed by atoms with Crippen LogP contribution in [-0.4, -0.2) is 39.3 Å². The first-order valence-electron chi connectivity index (χ1n) is 5.65. The summed E-state index contributed by atoms with van der Waals surface area (Å²) in [4.78, 5) is 11.6. The Balaban J connectivity index is 2.05. The van der Waals surface area contributed by atoms with Crippen molar-refractivity contribution < 1.29 is 14.6 Å². The van der Waals surface area contributed by atoms with Crippen molar-refractivity contribution in [1.82, 2.24) is 0 Å². The third kappa shape index (κ3) is 2.08. The van der Waals surface area contributed by atoms with Crippen LogP contribution in [0.25, 0.3) is 0 Å². The molecule has 85 valence electrons. The maximum atomic E-state index is 11.6. The van der Waals surface area contributed by atoms with Crippen molar-refractivity contribution in [3.63, 3.8) is 0 Å². The Labute approximate surface area is 98.4 Å². The maximum absolute atomic E-state index is 11.6. The van der Waals surface area contributed by atoms with Gasteiger partial charge in [-0.25, -0.2) is 0 Å². The number of hydrogen-bond acceptors (Lipinski definition) is 3. The molecule has 0 amide bonds. The van der Waals surface area contributed by atoms with E-state index >= 15 is 0 Å². The molecule has 0 spiro atoms. The van der Waals surface area contributed by atoms with Crippen molar-refractivity contribution in [2.45, 2.75) is 49.6 Å². The van der Waals surface area contributed by atoms with Crippen LogP contribution in [0.4, 0.5) is 0 Å². The molecule has 4 atom stereocenters. The van der Waals surface area contributed by atoms with Gasteiger partial charge in [0.25, 0.3) is 0 Å². The van der Waals surface area contributed by atoms with E-state index in [0.717, 1.165) is 12.8 Å². The molecule has 2 rings (SSSR count). The van der Waals surface area contributed by atoms with Gasteiger partial charge in [-0.2, -0.15) is 0 Å². The van der Waals surface area contributed by atoms with Gasteiger partial charge in [0.1, 0.15) is 0 Å². The standard InChI is InChI=1S/C11H17O3Se/c1-6-10(15)8(11(13)14-6)9(12)7-4-2-3-5-7/h6-10,12H,2-5H2,1H3. The van der Waals surface area contributed by atoms with Crippen LogP contribution in [0, 0.1) is 11.8 Å². The van der Waals surface area contributed by atoms with Crippen LogP contribution in [0.15, 0.2) is 0 Å². The Hall–Kier alpha value is -0.0505. The van der Waals surface area contributed by atoms with Crippen LogP contribution in [0.2, 0.25) is 4.82 Å². The number of cyclic esters (lactones) is 1. The van der Waals surface area contributed by atoms with Gasteiger partial charge < -0.3 is 0 Å². The number of carbonyl (C=O) groups is 1. The number of rotatable bonds is 2. The second-order valence-corrected chi connectivity index (χ2v) is 5.81. The predicted octanol–water partition coefficient (Wildman–Crippen LogP) is 1.06. The van der Waals surface area contributed by atoms with Crippen LogP contribution in [-0.2, 0) is 9.53 Å². The second-order valence-electron chi connectivity index (χ2n) is 4.67. The molecule has 0 bridgehead atoms. The van der Waals surface area contributed by atoms with Gasteiger partial charge in [-0.05, 0) is 0 Å². The van der Waals surface area contributed by atoms with Gasteiger partial charge in [-0.15, -0.1) is 0 Å². The Kier molecular flexibility index (Phi) is 3.39. The molecule has 1 aliphatic heterocycles. The van der Waals surface area contributed by atoms with Gasteiger partial charge >= 0.3 is 98.1 Å². The summed E-state index contributed by atoms with van der Waals surface area (Å²) in [5, 5.41) is 10.2. The van der Waals surface area contributed by atoms with Gasteiger partial charge in [0.15, 0.2) is 0 Å². The molecule has 0 aromatic rings. The summed E-state index contributed by atoms with van der Waals surface area (Å²) in [5.41, 5.74) is 0. The van der Waals surface area contributed by atoms with E-state index in [4.69, 9.17) is 4.74 Å². The molecule has 1 aliphatic carbocycles. The van der Waals surface area contributed by atoms with Gasteiger partial charge in [0.2, 0.25) is 0 Å². The zero-order valence-corrected chi connectivity index (χ0v) is 10.6. The van der Waals surface area contributed by atoms with Crippen LogP contribution in [0.5, 0.6) is 0 Å². The normalized spacial score (nSPS) is 39.4. The minimum absolute atomic E-state index is 0.0214. The van der Waals surface area contributed by atoms with Gasteiger partial charge in [0.05, 0.1) is 0 Å². The van der Waals surface area contributed by atoms with Crippen molar-refractivity contribution in [1.29, 1.82) is 0 Å². The molecule has 1 saturated heterocycles. The molecular formula is C11H17O3Se. The molecule has 1 N–H and O–H groups in total. The summed E-state index contributed by atoms with van der Waals surface area (Å²) in [6.07, 6.45) is 3.83. The molecule has 2 fully saturated rings. The fraction of sp³-hybridized carbons (Fsp3) is 0.909. The number of hydrogen-bond donors (Lipinski definition) is 1. The van der Waals surface area contributed by atoms with E-state index in [0.29, 0.717) is 5.92 Å². The zero-order chi connectivity index (χ0) is 11.0. The Morgan fingerprint density at radius 3 is 2.53 bits per heavy atom. The number of esters is 1. The van der Waals surface area contributed by atoms with E-state index < -0.39 is 6.10 Å². The third-order valence-electron chi connectivity index (χ3n) is 3.64. The average molecular weight is 276 g/mol. The first kappa shape index (κ1) is 11.4. The van der Waals surface area contributed by atoms with Crippen molar-refractivity contribution in [2.24, 2.45) is 11.8 Å². The molecule has 0 aromatic carbocycles. The van der Waals surface area contributed by atoms with Crippen molar-refractivity contribution >= 4 is 22.0 Å². The molecule has 2 aliphatic rings. The summed E-state index contributed by atoms with van der Waals surface area (Å²) in [5.74, 6) is -0.280. The fourth-order valence-corrected chi connectivity index (χ4v) is 3.37. The molecule has 1 radical (unpaired) electrons. The predicted molar refractivity (Wildman–Crippen MR) is 56.5 cm³/mol. The van der Waals surface area contributed by atoms with E-state index in [1.807, 2.05) is 6.92 Å². The molecule has 3 nitrogen and oxygen atoms in total. The summed E-state index contributed by atoms with van der Waals surface area (Å²) >= 11 is 2.97. The van der Waals surface area contributed by atoms with E-state index in [-0.39, 0.29) is 22.8 Å². The topological polar surface area (TPSA) is 46.5 Å². The fourth-order valence-electron chi connectivity index (χ4n) is 2.68. The molecule has 1 saturated carbocycles. The molecule has 4 heteroatoms. The van der Waals surface area contributed by atoms with E-state index in [9.17, 15) is 9.90 Å². The zero-order valence-electron chi connectivity index (χ0n) is 8.89. The summed E-state index contributed by atoms with van der Waals surface area (Å²) in [6, 6.07) is 0. The van der Waals surface area contributed by atoms with Crippen LogP contribution >= 0.6 is 0 Å². The number of ether oxygens (including phenoxy) is 1. The number of aliphatic hydroxyl groups excluding tert-OH is 1. The SMILES string of the molecule is CC1OC(=O)C(C(O)C2CCCC2)C1[Se]. The molecular weight excluding hydrogens is 259 g/mol. The van der Waals surface area contributed by atoms with Gasteiger partial charge in [-0.3, -0.25) is 0 Å². The average Bonchev–Trinajstić information content (AvgIpc) is 2.76. The summed E-state index contributed by atoms with van der Waals surface area (Å²) < 4.78 is 5.14. The van der Waals surface area contributed by atoms with Crippen LogP contribution in [0.3, 0.4) is 0 Å². The Morgan fingerprint density at radius 1 is 1.47 bits per heavy atom. The number of aliphatic hydroxyl groups is 1. The summed E-state index contributed by atoms with van der Waals surface area (Å²) in [7, 11) is 0. The second kappa shape index (κ2) is 4.44. The minimum atomic E-state index is -0.517. The van der Waals surface area contributed by atoms with Crippen molar-refractivity contribution in [3.05, 3.63) is 0 Å².